The van der Waals surface area contributed by atoms with Gasteiger partial charge in [-0.15, -0.1) is 0 Å². The smallest absolute Gasteiger partial charge is 0.410 e. The Morgan fingerprint density at radius 2 is 1.91 bits per heavy atom. The van der Waals surface area contributed by atoms with Crippen LogP contribution in [0.2, 0.25) is 10.0 Å². The van der Waals surface area contributed by atoms with Crippen LogP contribution in [0.3, 0.4) is 0 Å². The van der Waals surface area contributed by atoms with E-state index in [1.807, 2.05) is 0 Å². The summed E-state index contributed by atoms with van der Waals surface area (Å²) in [5.41, 5.74) is 0.607. The van der Waals surface area contributed by atoms with Crippen LogP contribution < -0.4 is 10.1 Å². The Hall–Kier alpha value is -2.97. The minimum Gasteiger partial charge on any atom is -0.490 e. The molecule has 1 aliphatic carbocycles. The number of hydrogen-bond donors (Lipinski definition) is 1. The average Bonchev–Trinajstić information content (AvgIpc) is 3.43. The van der Waals surface area contributed by atoms with Crippen molar-refractivity contribution < 1.29 is 27.9 Å². The summed E-state index contributed by atoms with van der Waals surface area (Å²) < 4.78 is 30.2. The molecule has 2 heterocycles. The van der Waals surface area contributed by atoms with Crippen molar-refractivity contribution in [3.8, 4) is 5.75 Å². The van der Waals surface area contributed by atoms with E-state index in [1.165, 1.54) is 12.1 Å². The summed E-state index contributed by atoms with van der Waals surface area (Å²) in [6, 6.07) is 11.1. The minimum absolute atomic E-state index is 0.00638. The maximum atomic E-state index is 13.6. The number of rotatable bonds is 6. The van der Waals surface area contributed by atoms with Crippen molar-refractivity contribution in [3.05, 3.63) is 64.1 Å². The Balaban J connectivity index is 1.10. The molecular formula is C25H23Cl2FN2O5. The molecule has 2 fully saturated rings. The molecule has 3 aromatic rings. The fraction of sp³-hybridized carbons (Fsp3) is 0.360. The highest BCUT2D eigenvalue weighted by Crippen LogP contribution is 2.29. The number of fused-ring (bicyclic) bond motifs is 1. The van der Waals surface area contributed by atoms with Crippen LogP contribution in [0.25, 0.3) is 11.0 Å². The highest BCUT2D eigenvalue weighted by atomic mass is 35.5. The van der Waals surface area contributed by atoms with Gasteiger partial charge in [0.05, 0.1) is 11.6 Å². The van der Waals surface area contributed by atoms with Gasteiger partial charge in [0.1, 0.15) is 23.8 Å². The van der Waals surface area contributed by atoms with E-state index in [1.54, 1.807) is 35.2 Å². The SMILES string of the molecule is O=C(N[C@H]1CC[C@H](N2CC(COc3ccc(Cl)c(F)c3)OC2=O)CC1)c1cc2cc(Cl)ccc2o1. The van der Waals surface area contributed by atoms with Gasteiger partial charge >= 0.3 is 6.09 Å². The number of nitrogens with zero attached hydrogens (tertiary/aromatic N) is 1. The average molecular weight is 521 g/mol. The number of carbonyl (C=O) groups excluding carboxylic acids is 2. The minimum atomic E-state index is -0.567. The summed E-state index contributed by atoms with van der Waals surface area (Å²) in [7, 11) is 0. The molecule has 0 spiro atoms. The van der Waals surface area contributed by atoms with Crippen LogP contribution in [0.4, 0.5) is 9.18 Å². The van der Waals surface area contributed by atoms with E-state index in [2.05, 4.69) is 5.32 Å². The lowest BCUT2D eigenvalue weighted by Gasteiger charge is -2.33. The Bertz CT molecular complexity index is 1260. The largest absolute Gasteiger partial charge is 0.490 e. The lowest BCUT2D eigenvalue weighted by atomic mass is 9.90. The molecule has 35 heavy (non-hydrogen) atoms. The molecule has 2 aliphatic rings. The number of halogens is 3. The second-order valence-electron chi connectivity index (χ2n) is 8.82. The first-order chi connectivity index (χ1) is 16.9. The Morgan fingerprint density at radius 1 is 1.11 bits per heavy atom. The number of ether oxygens (including phenoxy) is 2. The molecule has 1 unspecified atom stereocenters. The van der Waals surface area contributed by atoms with Crippen molar-refractivity contribution in [2.75, 3.05) is 13.2 Å². The molecule has 1 N–H and O–H groups in total. The first-order valence-electron chi connectivity index (χ1n) is 11.4. The fourth-order valence-corrected chi connectivity index (χ4v) is 4.89. The van der Waals surface area contributed by atoms with Gasteiger partial charge in [-0.1, -0.05) is 23.2 Å². The van der Waals surface area contributed by atoms with Gasteiger partial charge in [0.15, 0.2) is 11.9 Å². The summed E-state index contributed by atoms with van der Waals surface area (Å²) in [6.45, 7) is 0.523. The summed E-state index contributed by atoms with van der Waals surface area (Å²) >= 11 is 11.7. The van der Waals surface area contributed by atoms with E-state index in [4.69, 9.17) is 37.1 Å². The number of nitrogens with one attached hydrogen (secondary N) is 1. The third kappa shape index (κ3) is 5.33. The number of benzene rings is 2. The monoisotopic (exact) mass is 520 g/mol. The highest BCUT2D eigenvalue weighted by molar-refractivity contribution is 6.31. The number of hydrogen-bond acceptors (Lipinski definition) is 5. The molecule has 5 rings (SSSR count). The number of amides is 2. The van der Waals surface area contributed by atoms with E-state index in [0.29, 0.717) is 22.9 Å². The predicted molar refractivity (Wildman–Crippen MR) is 129 cm³/mol. The van der Waals surface area contributed by atoms with Gasteiger partial charge in [-0.05, 0) is 62.1 Å². The molecule has 2 aromatic carbocycles. The first-order valence-corrected chi connectivity index (χ1v) is 12.2. The standard InChI is InChI=1S/C25H23Cl2FN2O5/c26-15-1-8-22-14(9-15)10-23(35-22)24(31)29-16-2-4-17(5-3-16)30-12-19(34-25(30)32)13-33-18-6-7-20(27)21(28)11-18/h1,6-11,16-17,19H,2-5,12-13H2,(H,29,31)/t16-,17-,19?. The topological polar surface area (TPSA) is 81.0 Å². The van der Waals surface area contributed by atoms with E-state index in [-0.39, 0.29) is 41.5 Å². The molecule has 1 saturated heterocycles. The second kappa shape index (κ2) is 9.95. The molecular weight excluding hydrogens is 498 g/mol. The lowest BCUT2D eigenvalue weighted by Crippen LogP contribution is -2.44. The number of cyclic esters (lactones) is 1. The van der Waals surface area contributed by atoms with Crippen LogP contribution in [-0.4, -0.2) is 48.2 Å². The van der Waals surface area contributed by atoms with E-state index in [9.17, 15) is 14.0 Å². The third-order valence-electron chi connectivity index (χ3n) is 6.40. The molecule has 1 saturated carbocycles. The first kappa shape index (κ1) is 23.8. The zero-order valence-electron chi connectivity index (χ0n) is 18.6. The van der Waals surface area contributed by atoms with Gasteiger partial charge in [0.25, 0.3) is 5.91 Å². The van der Waals surface area contributed by atoms with E-state index >= 15 is 0 Å². The lowest BCUT2D eigenvalue weighted by molar-refractivity contribution is 0.0880. The molecule has 184 valence electrons. The van der Waals surface area contributed by atoms with Crippen LogP contribution in [-0.2, 0) is 4.74 Å². The molecule has 1 atom stereocenters. The second-order valence-corrected chi connectivity index (χ2v) is 9.66. The van der Waals surface area contributed by atoms with Gasteiger partial charge in [-0.2, -0.15) is 0 Å². The maximum Gasteiger partial charge on any atom is 0.410 e. The van der Waals surface area contributed by atoms with Crippen LogP contribution in [0.1, 0.15) is 36.2 Å². The normalized spacial score (nSPS) is 22.3. The zero-order valence-corrected chi connectivity index (χ0v) is 20.2. The maximum absolute atomic E-state index is 13.6. The van der Waals surface area contributed by atoms with Gasteiger partial charge in [0, 0.05) is 28.6 Å². The number of carbonyl (C=O) groups is 2. The molecule has 0 radical (unpaired) electrons. The van der Waals surface area contributed by atoms with Gasteiger partial charge in [0.2, 0.25) is 0 Å². The van der Waals surface area contributed by atoms with Crippen molar-refractivity contribution in [1.82, 2.24) is 10.2 Å². The van der Waals surface area contributed by atoms with Crippen LogP contribution in [0.5, 0.6) is 5.75 Å². The van der Waals surface area contributed by atoms with Crippen molar-refractivity contribution in [3.63, 3.8) is 0 Å². The molecule has 2 amide bonds. The van der Waals surface area contributed by atoms with Crippen LogP contribution >= 0.6 is 23.2 Å². The highest BCUT2D eigenvalue weighted by Gasteiger charge is 2.38. The van der Waals surface area contributed by atoms with Crippen molar-refractivity contribution in [2.24, 2.45) is 0 Å². The van der Waals surface area contributed by atoms with E-state index < -0.39 is 11.9 Å². The molecule has 7 nitrogen and oxygen atoms in total. The third-order valence-corrected chi connectivity index (χ3v) is 6.95. The van der Waals surface area contributed by atoms with Crippen molar-refractivity contribution in [1.29, 1.82) is 0 Å². The fourth-order valence-electron chi connectivity index (χ4n) is 4.60. The summed E-state index contributed by atoms with van der Waals surface area (Å²) in [5.74, 6) is -0.263. The quantitative estimate of drug-likeness (QED) is 0.442. The van der Waals surface area contributed by atoms with Crippen LogP contribution in [0.15, 0.2) is 46.9 Å². The van der Waals surface area contributed by atoms with Gasteiger partial charge < -0.3 is 24.1 Å². The number of furan rings is 1. The predicted octanol–water partition coefficient (Wildman–Crippen LogP) is 5.82. The molecule has 0 bridgehead atoms. The Morgan fingerprint density at radius 3 is 2.69 bits per heavy atom. The molecule has 1 aromatic heterocycles. The summed E-state index contributed by atoms with van der Waals surface area (Å²) in [6.07, 6.45) is 2.13. The van der Waals surface area contributed by atoms with Gasteiger partial charge in [-0.3, -0.25) is 4.79 Å². The van der Waals surface area contributed by atoms with E-state index in [0.717, 1.165) is 31.1 Å². The summed E-state index contributed by atoms with van der Waals surface area (Å²) in [4.78, 5) is 26.8. The molecule has 10 heteroatoms. The zero-order chi connectivity index (χ0) is 24.5. The Labute approximate surface area is 211 Å². The molecule has 1 aliphatic heterocycles. The van der Waals surface area contributed by atoms with Gasteiger partial charge in [-0.25, -0.2) is 9.18 Å². The Kier molecular flexibility index (Phi) is 6.75. The van der Waals surface area contributed by atoms with Crippen molar-refractivity contribution >= 4 is 46.2 Å². The van der Waals surface area contributed by atoms with Crippen molar-refractivity contribution in [2.45, 2.75) is 43.9 Å². The van der Waals surface area contributed by atoms with Crippen LogP contribution in [0, 0.1) is 5.82 Å². The summed E-state index contributed by atoms with van der Waals surface area (Å²) in [5, 5.41) is 4.40.